The van der Waals surface area contributed by atoms with E-state index in [1.165, 1.54) is 0 Å². The predicted octanol–water partition coefficient (Wildman–Crippen LogP) is 5.02. The van der Waals surface area contributed by atoms with Gasteiger partial charge in [0.15, 0.2) is 0 Å². The Hall–Kier alpha value is -2.27. The lowest BCUT2D eigenvalue weighted by Crippen LogP contribution is -2.32. The number of aryl methyl sites for hydroxylation is 3. The molecule has 0 amide bonds. The van der Waals surface area contributed by atoms with Crippen LogP contribution in [0, 0.1) is 26.7 Å². The zero-order chi connectivity index (χ0) is 19.6. The molecule has 0 bridgehead atoms. The van der Waals surface area contributed by atoms with Crippen molar-refractivity contribution in [3.8, 4) is 0 Å². The number of carbonyl (C=O) groups excluding carboxylic acids is 1. The van der Waals surface area contributed by atoms with Crippen molar-refractivity contribution in [3.05, 3.63) is 64.7 Å². The van der Waals surface area contributed by atoms with Gasteiger partial charge in [-0.05, 0) is 49.6 Å². The summed E-state index contributed by atoms with van der Waals surface area (Å²) in [6.45, 7) is 7.99. The number of aliphatic hydroxyl groups excluding tert-OH is 1. The number of nitrogens with zero attached hydrogens (tertiary/aromatic N) is 1. The molecule has 2 aromatic rings. The fraction of sp³-hybridized carbons (Fsp3) is 0.364. The number of thioether (sulfide) groups is 1. The van der Waals surface area contributed by atoms with Crippen molar-refractivity contribution in [2.24, 2.45) is 5.92 Å². The molecule has 1 aliphatic rings. The van der Waals surface area contributed by atoms with Gasteiger partial charge in [-0.15, -0.1) is 11.8 Å². The quantitative estimate of drug-likeness (QED) is 0.580. The van der Waals surface area contributed by atoms with Crippen molar-refractivity contribution in [1.29, 1.82) is 0 Å². The average molecular weight is 384 g/mol. The highest BCUT2D eigenvalue weighted by Gasteiger charge is 2.34. The Balaban J connectivity index is 1.77. The van der Waals surface area contributed by atoms with Crippen molar-refractivity contribution < 1.29 is 14.6 Å². The Kier molecular flexibility index (Phi) is 5.90. The smallest absolute Gasteiger partial charge is 0.342 e. The van der Waals surface area contributed by atoms with E-state index < -0.39 is 5.97 Å². The largest absolute Gasteiger partial charge is 0.511 e. The highest BCUT2D eigenvalue weighted by atomic mass is 32.2. The summed E-state index contributed by atoms with van der Waals surface area (Å²) >= 11 is 1.70. The molecule has 1 aromatic carbocycles. The second-order valence-electron chi connectivity index (χ2n) is 7.21. The van der Waals surface area contributed by atoms with Gasteiger partial charge in [-0.3, -0.25) is 4.98 Å². The molecule has 27 heavy (non-hydrogen) atoms. The van der Waals surface area contributed by atoms with Crippen molar-refractivity contribution in [2.45, 2.75) is 45.1 Å². The molecule has 2 unspecified atom stereocenters. The lowest BCUT2D eigenvalue weighted by atomic mass is 9.89. The van der Waals surface area contributed by atoms with E-state index >= 15 is 0 Å². The zero-order valence-electron chi connectivity index (χ0n) is 16.2. The number of rotatable bonds is 5. The van der Waals surface area contributed by atoms with Crippen LogP contribution >= 0.6 is 11.8 Å². The number of hydrogen-bond acceptors (Lipinski definition) is 5. The third kappa shape index (κ3) is 4.35. The van der Waals surface area contributed by atoms with Crippen LogP contribution < -0.4 is 0 Å². The van der Waals surface area contributed by atoms with Crippen molar-refractivity contribution >= 4 is 23.3 Å². The summed E-state index contributed by atoms with van der Waals surface area (Å²) in [6, 6.07) is 7.97. The van der Waals surface area contributed by atoms with E-state index in [9.17, 15) is 9.90 Å². The topological polar surface area (TPSA) is 59.4 Å². The number of carbonyl (C=O) groups is 1. The minimum atomic E-state index is -0.431. The number of pyridine rings is 1. The summed E-state index contributed by atoms with van der Waals surface area (Å²) in [5, 5.41) is 10.7. The Morgan fingerprint density at radius 3 is 2.44 bits per heavy atom. The van der Waals surface area contributed by atoms with E-state index in [1.807, 2.05) is 52.0 Å². The molecule has 0 aliphatic carbocycles. The summed E-state index contributed by atoms with van der Waals surface area (Å²) in [5.74, 6) is 0.621. The van der Waals surface area contributed by atoms with Crippen LogP contribution in [-0.2, 0) is 9.53 Å². The second-order valence-corrected chi connectivity index (χ2v) is 8.31. The Morgan fingerprint density at radius 2 is 1.85 bits per heavy atom. The molecule has 2 atom stereocenters. The van der Waals surface area contributed by atoms with E-state index in [0.717, 1.165) is 32.9 Å². The van der Waals surface area contributed by atoms with E-state index in [2.05, 4.69) is 4.98 Å². The van der Waals surface area contributed by atoms with E-state index in [4.69, 9.17) is 4.74 Å². The third-order valence-corrected chi connectivity index (χ3v) is 6.17. The van der Waals surface area contributed by atoms with Gasteiger partial charge in [0.05, 0.1) is 0 Å². The molecule has 142 valence electrons. The maximum atomic E-state index is 12.7. The molecule has 3 rings (SSSR count). The maximum Gasteiger partial charge on any atom is 0.342 e. The van der Waals surface area contributed by atoms with Crippen LogP contribution in [0.3, 0.4) is 0 Å². The number of hydrogen-bond donors (Lipinski definition) is 1. The van der Waals surface area contributed by atoms with Gasteiger partial charge in [-0.1, -0.05) is 24.6 Å². The van der Waals surface area contributed by atoms with Gasteiger partial charge in [-0.25, -0.2) is 4.79 Å². The first-order chi connectivity index (χ1) is 12.9. The van der Waals surface area contributed by atoms with E-state index in [0.29, 0.717) is 12.0 Å². The fourth-order valence-corrected chi connectivity index (χ4v) is 4.54. The summed E-state index contributed by atoms with van der Waals surface area (Å²) in [7, 11) is 0. The maximum absolute atomic E-state index is 12.7. The van der Waals surface area contributed by atoms with Gasteiger partial charge in [0.1, 0.15) is 17.4 Å². The monoisotopic (exact) mass is 383 g/mol. The van der Waals surface area contributed by atoms with Gasteiger partial charge < -0.3 is 9.84 Å². The summed E-state index contributed by atoms with van der Waals surface area (Å²) in [6.07, 6.45) is 3.56. The molecule has 5 heteroatoms. The number of cyclic esters (lactones) is 1. The van der Waals surface area contributed by atoms with Crippen molar-refractivity contribution in [1.82, 2.24) is 4.98 Å². The van der Waals surface area contributed by atoms with Crippen LogP contribution in [0.2, 0.25) is 0 Å². The van der Waals surface area contributed by atoms with Gasteiger partial charge in [-0.2, -0.15) is 0 Å². The van der Waals surface area contributed by atoms with Crippen LogP contribution in [0.25, 0.3) is 5.57 Å². The Labute approximate surface area is 164 Å². The van der Waals surface area contributed by atoms with Crippen LogP contribution in [0.1, 0.15) is 35.6 Å². The molecule has 1 N–H and O–H groups in total. The molecule has 0 saturated heterocycles. The van der Waals surface area contributed by atoms with E-state index in [-0.39, 0.29) is 17.8 Å². The minimum absolute atomic E-state index is 0.121. The van der Waals surface area contributed by atoms with Gasteiger partial charge in [0.2, 0.25) is 0 Å². The molecule has 1 aromatic heterocycles. The highest BCUT2D eigenvalue weighted by molar-refractivity contribution is 7.99. The first kappa shape index (κ1) is 19.5. The predicted molar refractivity (Wildman–Crippen MR) is 109 cm³/mol. The molecule has 0 fully saturated rings. The molecule has 4 nitrogen and oxygen atoms in total. The minimum Gasteiger partial charge on any atom is -0.511 e. The van der Waals surface area contributed by atoms with Crippen LogP contribution in [0.4, 0.5) is 0 Å². The number of aromatic nitrogens is 1. The first-order valence-corrected chi connectivity index (χ1v) is 10.1. The van der Waals surface area contributed by atoms with Crippen molar-refractivity contribution in [3.63, 3.8) is 0 Å². The number of benzene rings is 1. The molecule has 2 heterocycles. The molecular formula is C22H25NO3S. The van der Waals surface area contributed by atoms with E-state index in [1.54, 1.807) is 24.2 Å². The molecule has 0 spiro atoms. The first-order valence-electron chi connectivity index (χ1n) is 9.11. The van der Waals surface area contributed by atoms with Gasteiger partial charge >= 0.3 is 5.97 Å². The number of aliphatic hydroxyl groups is 1. The fourth-order valence-electron chi connectivity index (χ4n) is 3.56. The van der Waals surface area contributed by atoms with Crippen LogP contribution in [0.15, 0.2) is 47.3 Å². The van der Waals surface area contributed by atoms with Crippen LogP contribution in [-0.4, -0.2) is 27.9 Å². The second kappa shape index (κ2) is 8.17. The Bertz CT molecular complexity index is 853. The normalized spacial score (nSPS) is 18.4. The molecule has 1 aliphatic heterocycles. The number of ether oxygens (including phenoxy) is 1. The summed E-state index contributed by atoms with van der Waals surface area (Å²) < 4.78 is 5.73. The zero-order valence-corrected chi connectivity index (χ0v) is 17.0. The molecule has 0 radical (unpaired) electrons. The lowest BCUT2D eigenvalue weighted by molar-refractivity contribution is -0.145. The molecule has 0 saturated carbocycles. The standard InChI is InChI=1S/C22H25NO3S/c1-13-9-14(2)20(15(3)10-13)21-18(24)11-19(26-22(21)25)16(4)12-27-17-5-7-23-8-6-17/h5-10,16,19,24H,11-12H2,1-4H3. The highest BCUT2D eigenvalue weighted by Crippen LogP contribution is 2.35. The van der Waals surface area contributed by atoms with Crippen molar-refractivity contribution in [2.75, 3.05) is 5.75 Å². The molecular weight excluding hydrogens is 358 g/mol. The lowest BCUT2D eigenvalue weighted by Gasteiger charge is -2.29. The third-order valence-electron chi connectivity index (χ3n) is 4.87. The average Bonchev–Trinajstić information content (AvgIpc) is 2.61. The van der Waals surface area contributed by atoms with Gasteiger partial charge in [0.25, 0.3) is 0 Å². The van der Waals surface area contributed by atoms with Crippen LogP contribution in [0.5, 0.6) is 0 Å². The SMILES string of the molecule is Cc1cc(C)c(C2=C(O)CC(C(C)CSc3ccncc3)OC2=O)c(C)c1. The summed E-state index contributed by atoms with van der Waals surface area (Å²) in [4.78, 5) is 17.9. The number of esters is 1. The Morgan fingerprint density at radius 1 is 1.22 bits per heavy atom. The van der Waals surface area contributed by atoms with Gasteiger partial charge in [0, 0.05) is 35.4 Å². The summed E-state index contributed by atoms with van der Waals surface area (Å²) in [5.41, 5.74) is 4.20.